The maximum absolute atomic E-state index is 11.9. The normalized spacial score (nSPS) is 12.7. The summed E-state index contributed by atoms with van der Waals surface area (Å²) in [6.07, 6.45) is -4.70. The molecule has 0 aliphatic carbocycles. The van der Waals surface area contributed by atoms with Gasteiger partial charge in [-0.25, -0.2) is 13.2 Å². The molecule has 20 heavy (non-hydrogen) atoms. The minimum atomic E-state index is -4.70. The van der Waals surface area contributed by atoms with Gasteiger partial charge in [-0.05, 0) is 13.8 Å². The molecule has 114 valence electrons. The molecule has 0 radical (unpaired) electrons. The number of aromatic carboxylic acids is 1. The standard InChI is InChI=1S/C9H11F3N2O5S/c1-4-6(8(15)16)13-5(2)7(4)20(17,18)14-19-3-9(10,11)12/h13-14H,3H2,1-2H3,(H,15,16). The van der Waals surface area contributed by atoms with Crippen LogP contribution in [0.25, 0.3) is 0 Å². The Morgan fingerprint density at radius 3 is 2.35 bits per heavy atom. The van der Waals surface area contributed by atoms with Gasteiger partial charge in [-0.15, -0.1) is 0 Å². The third-order valence-electron chi connectivity index (χ3n) is 2.26. The predicted molar refractivity (Wildman–Crippen MR) is 59.6 cm³/mol. The van der Waals surface area contributed by atoms with Gasteiger partial charge < -0.3 is 10.1 Å². The number of rotatable bonds is 5. The second-order valence-corrected chi connectivity index (χ2v) is 5.46. The number of alkyl halides is 3. The summed E-state index contributed by atoms with van der Waals surface area (Å²) in [5, 5.41) is 8.83. The van der Waals surface area contributed by atoms with Gasteiger partial charge in [0.05, 0.1) is 0 Å². The zero-order valence-corrected chi connectivity index (χ0v) is 11.1. The summed E-state index contributed by atoms with van der Waals surface area (Å²) >= 11 is 0. The predicted octanol–water partition coefficient (Wildman–Crippen LogP) is 1.10. The molecule has 0 aliphatic heterocycles. The van der Waals surface area contributed by atoms with Crippen molar-refractivity contribution >= 4 is 16.0 Å². The number of hydrogen-bond acceptors (Lipinski definition) is 4. The van der Waals surface area contributed by atoms with Gasteiger partial charge in [-0.1, -0.05) is 4.89 Å². The molecular weight excluding hydrogens is 305 g/mol. The average Bonchev–Trinajstić information content (AvgIpc) is 2.52. The monoisotopic (exact) mass is 316 g/mol. The van der Waals surface area contributed by atoms with E-state index >= 15 is 0 Å². The highest BCUT2D eigenvalue weighted by Gasteiger charge is 2.31. The molecule has 3 N–H and O–H groups in total. The number of aryl methyl sites for hydroxylation is 1. The summed E-state index contributed by atoms with van der Waals surface area (Å²) in [7, 11) is -4.42. The molecule has 0 atom stereocenters. The number of halogens is 3. The van der Waals surface area contributed by atoms with Crippen LogP contribution in [0.15, 0.2) is 4.90 Å². The van der Waals surface area contributed by atoms with Gasteiger partial charge in [0.15, 0.2) is 6.61 Å². The minimum Gasteiger partial charge on any atom is -0.477 e. The van der Waals surface area contributed by atoms with Crippen molar-refractivity contribution in [3.8, 4) is 0 Å². The van der Waals surface area contributed by atoms with Crippen LogP contribution < -0.4 is 4.89 Å². The van der Waals surface area contributed by atoms with E-state index in [0.717, 1.165) is 0 Å². The summed E-state index contributed by atoms with van der Waals surface area (Å²) in [4.78, 5) is 17.9. The van der Waals surface area contributed by atoms with Crippen molar-refractivity contribution in [2.24, 2.45) is 0 Å². The van der Waals surface area contributed by atoms with Crippen LogP contribution in [-0.4, -0.2) is 37.3 Å². The molecule has 0 bridgehead atoms. The van der Waals surface area contributed by atoms with E-state index in [1.54, 1.807) is 0 Å². The zero-order valence-electron chi connectivity index (χ0n) is 10.3. The van der Waals surface area contributed by atoms with Crippen LogP contribution >= 0.6 is 0 Å². The Labute approximate surface area is 111 Å². The van der Waals surface area contributed by atoms with E-state index < -0.39 is 33.7 Å². The molecule has 0 saturated heterocycles. The van der Waals surface area contributed by atoms with Gasteiger partial charge in [-0.2, -0.15) is 13.2 Å². The van der Waals surface area contributed by atoms with Gasteiger partial charge >= 0.3 is 12.1 Å². The Bertz CT molecular complexity index is 620. The van der Waals surface area contributed by atoms with Crippen molar-refractivity contribution in [1.29, 1.82) is 0 Å². The van der Waals surface area contributed by atoms with Gasteiger partial charge in [0, 0.05) is 11.3 Å². The van der Waals surface area contributed by atoms with Crippen molar-refractivity contribution < 1.29 is 36.3 Å². The number of carbonyl (C=O) groups is 1. The van der Waals surface area contributed by atoms with E-state index in [0.29, 0.717) is 0 Å². The van der Waals surface area contributed by atoms with Gasteiger partial charge in [0.2, 0.25) is 0 Å². The molecule has 0 saturated carbocycles. The maximum Gasteiger partial charge on any atom is 0.413 e. The number of hydrogen-bond donors (Lipinski definition) is 3. The Morgan fingerprint density at radius 1 is 1.40 bits per heavy atom. The number of aromatic amines is 1. The van der Waals surface area contributed by atoms with Crippen molar-refractivity contribution in [3.63, 3.8) is 0 Å². The van der Waals surface area contributed by atoms with Gasteiger partial charge in [0.25, 0.3) is 10.0 Å². The number of carboxylic acid groups (broad SMARTS) is 1. The van der Waals surface area contributed by atoms with Crippen LogP contribution in [0.4, 0.5) is 13.2 Å². The van der Waals surface area contributed by atoms with Crippen LogP contribution in [0, 0.1) is 13.8 Å². The highest BCUT2D eigenvalue weighted by atomic mass is 32.2. The fraction of sp³-hybridized carbons (Fsp3) is 0.444. The number of aromatic nitrogens is 1. The molecule has 0 unspecified atom stereocenters. The molecule has 7 nitrogen and oxygen atoms in total. The SMILES string of the molecule is Cc1[nH]c(C(=O)O)c(C)c1S(=O)(=O)NOCC(F)(F)F. The second-order valence-electron chi connectivity index (χ2n) is 3.87. The summed E-state index contributed by atoms with van der Waals surface area (Å²) in [6, 6.07) is 0. The van der Waals surface area contributed by atoms with Crippen molar-refractivity contribution in [1.82, 2.24) is 9.87 Å². The quantitative estimate of drug-likeness (QED) is 0.705. The van der Waals surface area contributed by atoms with E-state index in [1.165, 1.54) is 18.7 Å². The van der Waals surface area contributed by atoms with Crippen molar-refractivity contribution in [2.45, 2.75) is 24.9 Å². The van der Waals surface area contributed by atoms with Crippen LogP contribution in [0.5, 0.6) is 0 Å². The first kappa shape index (κ1) is 16.5. The molecule has 11 heteroatoms. The van der Waals surface area contributed by atoms with Gasteiger partial charge in [0.1, 0.15) is 10.6 Å². The van der Waals surface area contributed by atoms with Crippen molar-refractivity contribution in [3.05, 3.63) is 17.0 Å². The summed E-state index contributed by atoms with van der Waals surface area (Å²) in [5.74, 6) is -1.39. The zero-order chi connectivity index (χ0) is 15.7. The van der Waals surface area contributed by atoms with Crippen LogP contribution in [0.2, 0.25) is 0 Å². The summed E-state index contributed by atoms with van der Waals surface area (Å²) in [6.45, 7) is 0.684. The molecule has 1 aromatic rings. The third kappa shape index (κ3) is 3.71. The molecule has 0 fully saturated rings. The van der Waals surface area contributed by atoms with E-state index in [-0.39, 0.29) is 17.0 Å². The van der Waals surface area contributed by atoms with Crippen molar-refractivity contribution in [2.75, 3.05) is 6.61 Å². The lowest BCUT2D eigenvalue weighted by molar-refractivity contribution is -0.181. The molecule has 1 heterocycles. The third-order valence-corrected chi connectivity index (χ3v) is 3.74. The molecule has 0 aromatic carbocycles. The minimum absolute atomic E-state index is 0.0250. The fourth-order valence-corrected chi connectivity index (χ4v) is 2.84. The van der Waals surface area contributed by atoms with Crippen LogP contribution in [0.3, 0.4) is 0 Å². The summed E-state index contributed by atoms with van der Waals surface area (Å²) in [5.41, 5.74) is -0.514. The molecule has 0 spiro atoms. The Hall–Kier alpha value is -1.59. The number of sulfonamides is 1. The topological polar surface area (TPSA) is 108 Å². The molecule has 1 rings (SSSR count). The smallest absolute Gasteiger partial charge is 0.413 e. The Kier molecular flexibility index (Phi) is 4.46. The Balaban J connectivity index is 3.02. The summed E-state index contributed by atoms with van der Waals surface area (Å²) < 4.78 is 59.1. The van der Waals surface area contributed by atoms with E-state index in [4.69, 9.17) is 5.11 Å². The first-order valence-electron chi connectivity index (χ1n) is 5.08. The lowest BCUT2D eigenvalue weighted by atomic mass is 10.2. The average molecular weight is 316 g/mol. The Morgan fingerprint density at radius 2 is 1.95 bits per heavy atom. The molecule has 0 aliphatic rings. The first-order chi connectivity index (χ1) is 8.96. The second kappa shape index (κ2) is 5.42. The van der Waals surface area contributed by atoms with Crippen LogP contribution in [0.1, 0.15) is 21.7 Å². The number of nitrogens with one attached hydrogen (secondary N) is 2. The van der Waals surface area contributed by atoms with Crippen LogP contribution in [-0.2, 0) is 14.9 Å². The number of H-pyrrole nitrogens is 1. The highest BCUT2D eigenvalue weighted by Crippen LogP contribution is 2.23. The fourth-order valence-electron chi connectivity index (χ4n) is 1.58. The first-order valence-corrected chi connectivity index (χ1v) is 6.57. The maximum atomic E-state index is 11.9. The lowest BCUT2D eigenvalue weighted by Gasteiger charge is -2.09. The lowest BCUT2D eigenvalue weighted by Crippen LogP contribution is -2.30. The van der Waals surface area contributed by atoms with Gasteiger partial charge in [-0.3, -0.25) is 4.84 Å². The largest absolute Gasteiger partial charge is 0.477 e. The highest BCUT2D eigenvalue weighted by molar-refractivity contribution is 7.89. The van der Waals surface area contributed by atoms with E-state index in [9.17, 15) is 26.4 Å². The molecule has 1 aromatic heterocycles. The molecule has 0 amide bonds. The van der Waals surface area contributed by atoms with E-state index in [1.807, 2.05) is 0 Å². The van der Waals surface area contributed by atoms with E-state index in [2.05, 4.69) is 9.82 Å². The number of carboxylic acids is 1. The molecular formula is C9H11F3N2O5S.